The molecule has 0 spiro atoms. The molecule has 0 saturated heterocycles. The molecule has 23 heavy (non-hydrogen) atoms. The molecule has 0 amide bonds. The zero-order chi connectivity index (χ0) is 16.9. The topological polar surface area (TPSA) is 87.9 Å². The van der Waals surface area contributed by atoms with Gasteiger partial charge in [-0.25, -0.2) is 18.4 Å². The molecule has 0 saturated carbocycles. The van der Waals surface area contributed by atoms with Gasteiger partial charge in [-0.3, -0.25) is 4.40 Å². The van der Waals surface area contributed by atoms with Crippen molar-refractivity contribution in [2.45, 2.75) is 32.9 Å². The average molecular weight is 358 g/mol. The zero-order valence-electron chi connectivity index (χ0n) is 13.6. The molecule has 2 heterocycles. The standard InChI is InChI=1S/C14H23N5O2S2/c1-4-15-13(17-11(2)5-8-23(3,20)21)16-9-12-10-19-6-7-22-14(19)18-12/h6-7,10-11H,4-5,8-9H2,1-3H3,(H2,15,16,17). The first-order valence-electron chi connectivity index (χ1n) is 7.51. The molecule has 0 aromatic carbocycles. The molecule has 128 valence electrons. The first-order chi connectivity index (χ1) is 10.9. The van der Waals surface area contributed by atoms with E-state index in [1.807, 2.05) is 36.0 Å². The van der Waals surface area contributed by atoms with E-state index in [2.05, 4.69) is 20.6 Å². The SMILES string of the molecule is CCNC(=NCc1cn2ccsc2n1)NC(C)CCS(C)(=O)=O. The average Bonchev–Trinajstić information content (AvgIpc) is 3.03. The van der Waals surface area contributed by atoms with Crippen LogP contribution in [0.5, 0.6) is 0 Å². The summed E-state index contributed by atoms with van der Waals surface area (Å²) in [6, 6.07) is 0.0213. The van der Waals surface area contributed by atoms with Crippen LogP contribution < -0.4 is 10.6 Å². The van der Waals surface area contributed by atoms with Crippen molar-refractivity contribution in [2.75, 3.05) is 18.6 Å². The summed E-state index contributed by atoms with van der Waals surface area (Å²) in [7, 11) is -2.94. The third-order valence-corrected chi connectivity index (χ3v) is 4.94. The predicted octanol–water partition coefficient (Wildman–Crippen LogP) is 1.27. The van der Waals surface area contributed by atoms with Crippen LogP contribution in [0.2, 0.25) is 0 Å². The van der Waals surface area contributed by atoms with E-state index in [0.29, 0.717) is 18.9 Å². The summed E-state index contributed by atoms with van der Waals surface area (Å²) >= 11 is 1.59. The molecular weight excluding hydrogens is 334 g/mol. The van der Waals surface area contributed by atoms with Crippen LogP contribution in [0.15, 0.2) is 22.8 Å². The van der Waals surface area contributed by atoms with Crippen LogP contribution in [0.3, 0.4) is 0 Å². The first kappa shape index (κ1) is 17.7. The number of sulfone groups is 1. The summed E-state index contributed by atoms with van der Waals surface area (Å²) in [4.78, 5) is 9.96. The Morgan fingerprint density at radius 2 is 2.30 bits per heavy atom. The molecule has 0 aliphatic carbocycles. The van der Waals surface area contributed by atoms with Gasteiger partial charge in [-0.2, -0.15) is 0 Å². The second kappa shape index (κ2) is 7.78. The maximum atomic E-state index is 11.2. The molecule has 1 atom stereocenters. The number of hydrogen-bond donors (Lipinski definition) is 2. The van der Waals surface area contributed by atoms with Crippen molar-refractivity contribution in [1.82, 2.24) is 20.0 Å². The van der Waals surface area contributed by atoms with Gasteiger partial charge in [0.05, 0.1) is 18.0 Å². The maximum absolute atomic E-state index is 11.2. The highest BCUT2D eigenvalue weighted by Crippen LogP contribution is 2.11. The van der Waals surface area contributed by atoms with Crippen molar-refractivity contribution < 1.29 is 8.42 Å². The van der Waals surface area contributed by atoms with Gasteiger partial charge in [0.15, 0.2) is 10.9 Å². The van der Waals surface area contributed by atoms with Crippen LogP contribution in [0.4, 0.5) is 0 Å². The van der Waals surface area contributed by atoms with Gasteiger partial charge < -0.3 is 10.6 Å². The van der Waals surface area contributed by atoms with Gasteiger partial charge in [0.25, 0.3) is 0 Å². The Balaban J connectivity index is 1.94. The molecule has 0 aliphatic heterocycles. The van der Waals surface area contributed by atoms with E-state index in [4.69, 9.17) is 0 Å². The number of thiazole rings is 1. The van der Waals surface area contributed by atoms with Crippen molar-refractivity contribution >= 4 is 32.1 Å². The molecule has 2 N–H and O–H groups in total. The Morgan fingerprint density at radius 1 is 1.52 bits per heavy atom. The van der Waals surface area contributed by atoms with Crippen LogP contribution in [0.1, 0.15) is 26.0 Å². The van der Waals surface area contributed by atoms with E-state index in [1.165, 1.54) is 6.26 Å². The van der Waals surface area contributed by atoms with Crippen molar-refractivity contribution in [1.29, 1.82) is 0 Å². The van der Waals surface area contributed by atoms with Gasteiger partial charge in [0, 0.05) is 36.6 Å². The van der Waals surface area contributed by atoms with E-state index in [0.717, 1.165) is 17.2 Å². The highest BCUT2D eigenvalue weighted by atomic mass is 32.2. The number of rotatable bonds is 7. The zero-order valence-corrected chi connectivity index (χ0v) is 15.2. The van der Waals surface area contributed by atoms with Crippen LogP contribution >= 0.6 is 11.3 Å². The summed E-state index contributed by atoms with van der Waals surface area (Å²) in [5.74, 6) is 0.836. The Hall–Kier alpha value is -1.61. The number of imidazole rings is 1. The molecule has 7 nitrogen and oxygen atoms in total. The van der Waals surface area contributed by atoms with Gasteiger partial charge >= 0.3 is 0 Å². The van der Waals surface area contributed by atoms with E-state index in [9.17, 15) is 8.42 Å². The molecule has 0 aliphatic rings. The fourth-order valence-electron chi connectivity index (χ4n) is 2.03. The Morgan fingerprint density at radius 3 is 2.96 bits per heavy atom. The lowest BCUT2D eigenvalue weighted by Gasteiger charge is -2.17. The van der Waals surface area contributed by atoms with Gasteiger partial charge in [0.2, 0.25) is 0 Å². The minimum Gasteiger partial charge on any atom is -0.357 e. The van der Waals surface area contributed by atoms with E-state index < -0.39 is 9.84 Å². The van der Waals surface area contributed by atoms with Gasteiger partial charge in [-0.15, -0.1) is 11.3 Å². The monoisotopic (exact) mass is 357 g/mol. The van der Waals surface area contributed by atoms with Gasteiger partial charge in [-0.05, 0) is 20.3 Å². The van der Waals surface area contributed by atoms with Crippen LogP contribution in [0.25, 0.3) is 4.96 Å². The predicted molar refractivity (Wildman–Crippen MR) is 94.8 cm³/mol. The third kappa shape index (κ3) is 5.83. The fourth-order valence-corrected chi connectivity index (χ4v) is 3.53. The molecule has 2 rings (SSSR count). The van der Waals surface area contributed by atoms with Crippen molar-refractivity contribution in [3.8, 4) is 0 Å². The lowest BCUT2D eigenvalue weighted by Crippen LogP contribution is -2.42. The molecule has 0 radical (unpaired) electrons. The molecular formula is C14H23N5O2S2. The third-order valence-electron chi connectivity index (χ3n) is 3.19. The van der Waals surface area contributed by atoms with Crippen molar-refractivity contribution in [3.63, 3.8) is 0 Å². The quantitative estimate of drug-likeness (QED) is 0.576. The summed E-state index contributed by atoms with van der Waals surface area (Å²) in [5, 5.41) is 8.39. The minimum absolute atomic E-state index is 0.0213. The van der Waals surface area contributed by atoms with E-state index >= 15 is 0 Å². The molecule has 9 heteroatoms. The molecule has 0 bridgehead atoms. The minimum atomic E-state index is -2.94. The van der Waals surface area contributed by atoms with Gasteiger partial charge in [0.1, 0.15) is 9.84 Å². The highest BCUT2D eigenvalue weighted by molar-refractivity contribution is 7.90. The van der Waals surface area contributed by atoms with Crippen molar-refractivity contribution in [3.05, 3.63) is 23.5 Å². The molecule has 0 fully saturated rings. The molecule has 2 aromatic rings. The summed E-state index contributed by atoms with van der Waals surface area (Å²) in [6.45, 7) is 5.15. The Bertz CT molecular complexity index is 735. The summed E-state index contributed by atoms with van der Waals surface area (Å²) < 4.78 is 24.4. The summed E-state index contributed by atoms with van der Waals surface area (Å²) in [5.41, 5.74) is 0.901. The lowest BCUT2D eigenvalue weighted by molar-refractivity contribution is 0.581. The second-order valence-corrected chi connectivity index (χ2v) is 8.62. The van der Waals surface area contributed by atoms with E-state index in [1.54, 1.807) is 11.3 Å². The van der Waals surface area contributed by atoms with Gasteiger partial charge in [-0.1, -0.05) is 0 Å². The number of nitrogens with one attached hydrogen (secondary N) is 2. The van der Waals surface area contributed by atoms with E-state index in [-0.39, 0.29) is 11.8 Å². The number of guanidine groups is 1. The normalized spacial score (nSPS) is 14.1. The maximum Gasteiger partial charge on any atom is 0.193 e. The van der Waals surface area contributed by atoms with Crippen LogP contribution in [-0.4, -0.2) is 48.4 Å². The number of fused-ring (bicyclic) bond motifs is 1. The number of nitrogens with zero attached hydrogens (tertiary/aromatic N) is 3. The number of aliphatic imine (C=N–C) groups is 1. The smallest absolute Gasteiger partial charge is 0.193 e. The second-order valence-electron chi connectivity index (χ2n) is 5.48. The highest BCUT2D eigenvalue weighted by Gasteiger charge is 2.10. The lowest BCUT2D eigenvalue weighted by atomic mass is 10.3. The number of hydrogen-bond acceptors (Lipinski definition) is 5. The Labute approximate surface area is 140 Å². The fraction of sp³-hybridized carbons (Fsp3) is 0.571. The molecule has 1 unspecified atom stereocenters. The number of aromatic nitrogens is 2. The van der Waals surface area contributed by atoms with Crippen LogP contribution in [0, 0.1) is 0 Å². The first-order valence-corrected chi connectivity index (χ1v) is 10.4. The van der Waals surface area contributed by atoms with Crippen LogP contribution in [-0.2, 0) is 16.4 Å². The molecule has 2 aromatic heterocycles. The Kier molecular flexibility index (Phi) is 6.00. The largest absolute Gasteiger partial charge is 0.357 e. The summed E-state index contributed by atoms with van der Waals surface area (Å²) in [6.07, 6.45) is 5.73. The van der Waals surface area contributed by atoms with Crippen molar-refractivity contribution in [2.24, 2.45) is 4.99 Å².